The van der Waals surface area contributed by atoms with Gasteiger partial charge in [-0.25, -0.2) is 17.6 Å². The number of carbonyl (C=O) groups is 1. The molecule has 26 heavy (non-hydrogen) atoms. The molecule has 3 rings (SSSR count). The van der Waals surface area contributed by atoms with Gasteiger partial charge in [-0.3, -0.25) is 0 Å². The molecule has 0 N–H and O–H groups in total. The fourth-order valence-electron chi connectivity index (χ4n) is 2.67. The SMILES string of the molecule is COC(=O)C1=Cc2cc(OCc3ccc(F)cc3)ccc2S(=O)(=O)CC1. The fourth-order valence-corrected chi connectivity index (χ4v) is 4.13. The summed E-state index contributed by atoms with van der Waals surface area (Å²) in [6, 6.07) is 10.5. The van der Waals surface area contributed by atoms with Gasteiger partial charge in [0.2, 0.25) is 0 Å². The second-order valence-electron chi connectivity index (χ2n) is 5.84. The summed E-state index contributed by atoms with van der Waals surface area (Å²) < 4.78 is 48.1. The molecule has 0 bridgehead atoms. The van der Waals surface area contributed by atoms with Gasteiger partial charge >= 0.3 is 5.97 Å². The minimum Gasteiger partial charge on any atom is -0.489 e. The summed E-state index contributed by atoms with van der Waals surface area (Å²) in [5.41, 5.74) is 1.46. The van der Waals surface area contributed by atoms with E-state index >= 15 is 0 Å². The number of esters is 1. The van der Waals surface area contributed by atoms with Crippen LogP contribution in [-0.4, -0.2) is 27.2 Å². The first-order chi connectivity index (χ1) is 12.4. The fraction of sp³-hybridized carbons (Fsp3) is 0.211. The number of hydrogen-bond acceptors (Lipinski definition) is 5. The second-order valence-corrected chi connectivity index (χ2v) is 7.92. The van der Waals surface area contributed by atoms with Crippen LogP contribution in [0.25, 0.3) is 6.08 Å². The molecule has 1 aliphatic rings. The average Bonchev–Trinajstić information content (AvgIpc) is 2.76. The molecule has 0 unspecified atom stereocenters. The standard InChI is InChI=1S/C19H17FO5S/c1-24-19(21)14-8-9-26(22,23)18-7-6-17(11-15(18)10-14)25-12-13-2-4-16(20)5-3-13/h2-7,10-11H,8-9,12H2,1H3. The molecule has 0 fully saturated rings. The molecule has 1 aliphatic heterocycles. The highest BCUT2D eigenvalue weighted by Gasteiger charge is 2.25. The minimum absolute atomic E-state index is 0.0927. The molecular formula is C19H17FO5S. The van der Waals surface area contributed by atoms with Crippen LogP contribution in [0.5, 0.6) is 5.75 Å². The molecular weight excluding hydrogens is 359 g/mol. The Morgan fingerprint density at radius 2 is 1.88 bits per heavy atom. The largest absolute Gasteiger partial charge is 0.489 e. The summed E-state index contributed by atoms with van der Waals surface area (Å²) in [7, 11) is -2.24. The molecule has 0 radical (unpaired) electrons. The number of methoxy groups -OCH3 is 1. The van der Waals surface area contributed by atoms with Crippen molar-refractivity contribution in [1.82, 2.24) is 0 Å². The normalized spacial score (nSPS) is 15.4. The zero-order valence-electron chi connectivity index (χ0n) is 14.1. The molecule has 0 saturated carbocycles. The van der Waals surface area contributed by atoms with Crippen molar-refractivity contribution in [3.8, 4) is 5.75 Å². The van der Waals surface area contributed by atoms with Crippen molar-refractivity contribution in [2.75, 3.05) is 12.9 Å². The molecule has 0 aliphatic carbocycles. The van der Waals surface area contributed by atoms with E-state index in [2.05, 4.69) is 0 Å². The number of fused-ring (bicyclic) bond motifs is 1. The topological polar surface area (TPSA) is 69.7 Å². The van der Waals surface area contributed by atoms with E-state index in [1.807, 2.05) is 0 Å². The number of hydrogen-bond donors (Lipinski definition) is 0. The van der Waals surface area contributed by atoms with E-state index in [1.54, 1.807) is 24.3 Å². The lowest BCUT2D eigenvalue weighted by molar-refractivity contribution is -0.136. The molecule has 5 nitrogen and oxygen atoms in total. The van der Waals surface area contributed by atoms with Gasteiger partial charge in [0, 0.05) is 5.57 Å². The zero-order valence-corrected chi connectivity index (χ0v) is 14.9. The van der Waals surface area contributed by atoms with Gasteiger partial charge < -0.3 is 9.47 Å². The van der Waals surface area contributed by atoms with Gasteiger partial charge in [0.05, 0.1) is 17.8 Å². The lowest BCUT2D eigenvalue weighted by atomic mass is 10.1. The molecule has 7 heteroatoms. The van der Waals surface area contributed by atoms with Gasteiger partial charge in [-0.15, -0.1) is 0 Å². The Kier molecular flexibility index (Phi) is 5.08. The third kappa shape index (κ3) is 3.94. The number of rotatable bonds is 4. The number of sulfone groups is 1. The lowest BCUT2D eigenvalue weighted by Crippen LogP contribution is -2.10. The van der Waals surface area contributed by atoms with Crippen LogP contribution >= 0.6 is 0 Å². The van der Waals surface area contributed by atoms with Gasteiger partial charge in [0.1, 0.15) is 18.2 Å². The van der Waals surface area contributed by atoms with Gasteiger partial charge in [-0.05, 0) is 54.0 Å². The Bertz CT molecular complexity index is 962. The number of halogens is 1. The summed E-state index contributed by atoms with van der Waals surface area (Å²) in [4.78, 5) is 12.0. The van der Waals surface area contributed by atoms with Crippen molar-refractivity contribution in [2.24, 2.45) is 0 Å². The van der Waals surface area contributed by atoms with Crippen LogP contribution in [0.3, 0.4) is 0 Å². The van der Waals surface area contributed by atoms with E-state index in [0.717, 1.165) is 5.56 Å². The summed E-state index contributed by atoms with van der Waals surface area (Å²) in [5.74, 6) is -0.586. The van der Waals surface area contributed by atoms with Gasteiger partial charge in [-0.2, -0.15) is 0 Å². The Labute approximate surface area is 151 Å². The first-order valence-electron chi connectivity index (χ1n) is 7.92. The monoisotopic (exact) mass is 376 g/mol. The molecule has 1 heterocycles. The maximum absolute atomic E-state index is 12.9. The molecule has 0 aromatic heterocycles. The predicted octanol–water partition coefficient (Wildman–Crippen LogP) is 3.14. The van der Waals surface area contributed by atoms with E-state index in [0.29, 0.717) is 16.9 Å². The third-order valence-corrected chi connectivity index (χ3v) is 5.84. The van der Waals surface area contributed by atoms with Crippen LogP contribution in [0.4, 0.5) is 4.39 Å². The van der Waals surface area contributed by atoms with E-state index in [4.69, 9.17) is 9.47 Å². The van der Waals surface area contributed by atoms with Crippen LogP contribution in [0, 0.1) is 5.82 Å². The van der Waals surface area contributed by atoms with Gasteiger partial charge in [0.15, 0.2) is 9.84 Å². The first-order valence-corrected chi connectivity index (χ1v) is 9.57. The molecule has 0 saturated heterocycles. The predicted molar refractivity (Wildman–Crippen MR) is 93.8 cm³/mol. The number of carbonyl (C=O) groups excluding carboxylic acids is 1. The Morgan fingerprint density at radius 3 is 2.58 bits per heavy atom. The highest BCUT2D eigenvalue weighted by atomic mass is 32.2. The summed E-state index contributed by atoms with van der Waals surface area (Å²) in [6.07, 6.45) is 1.62. The van der Waals surface area contributed by atoms with Crippen molar-refractivity contribution in [2.45, 2.75) is 17.9 Å². The third-order valence-electron chi connectivity index (χ3n) is 4.05. The van der Waals surface area contributed by atoms with Crippen LogP contribution in [0.2, 0.25) is 0 Å². The summed E-state index contributed by atoms with van der Waals surface area (Å²) in [6.45, 7) is 0.208. The highest BCUT2D eigenvalue weighted by Crippen LogP contribution is 2.30. The molecule has 2 aromatic rings. The van der Waals surface area contributed by atoms with Crippen LogP contribution < -0.4 is 4.74 Å². The van der Waals surface area contributed by atoms with Crippen molar-refractivity contribution >= 4 is 21.9 Å². The van der Waals surface area contributed by atoms with E-state index in [-0.39, 0.29) is 29.5 Å². The molecule has 136 valence electrons. The minimum atomic E-state index is -3.50. The number of benzene rings is 2. The first kappa shape index (κ1) is 18.1. The zero-order chi connectivity index (χ0) is 18.7. The summed E-state index contributed by atoms with van der Waals surface area (Å²) >= 11 is 0. The highest BCUT2D eigenvalue weighted by molar-refractivity contribution is 7.91. The van der Waals surface area contributed by atoms with Gasteiger partial charge in [-0.1, -0.05) is 12.1 Å². The maximum Gasteiger partial charge on any atom is 0.333 e. The average molecular weight is 376 g/mol. The Hall–Kier alpha value is -2.67. The lowest BCUT2D eigenvalue weighted by Gasteiger charge is -2.10. The molecule has 0 spiro atoms. The second kappa shape index (κ2) is 7.29. The smallest absolute Gasteiger partial charge is 0.333 e. The maximum atomic E-state index is 12.9. The van der Waals surface area contributed by atoms with E-state index in [1.165, 1.54) is 31.4 Å². The number of ether oxygens (including phenoxy) is 2. The molecule has 0 atom stereocenters. The van der Waals surface area contributed by atoms with E-state index < -0.39 is 15.8 Å². The van der Waals surface area contributed by atoms with Crippen molar-refractivity contribution in [3.63, 3.8) is 0 Å². The van der Waals surface area contributed by atoms with E-state index in [9.17, 15) is 17.6 Å². The van der Waals surface area contributed by atoms with Crippen molar-refractivity contribution in [3.05, 3.63) is 65.0 Å². The Balaban J connectivity index is 1.90. The quantitative estimate of drug-likeness (QED) is 0.767. The van der Waals surface area contributed by atoms with Crippen LogP contribution in [0.15, 0.2) is 52.9 Å². The van der Waals surface area contributed by atoms with Crippen LogP contribution in [0.1, 0.15) is 17.5 Å². The van der Waals surface area contributed by atoms with Crippen molar-refractivity contribution < 1.29 is 27.1 Å². The Morgan fingerprint density at radius 1 is 1.15 bits per heavy atom. The molecule has 2 aromatic carbocycles. The van der Waals surface area contributed by atoms with Gasteiger partial charge in [0.25, 0.3) is 0 Å². The van der Waals surface area contributed by atoms with Crippen LogP contribution in [-0.2, 0) is 26.0 Å². The summed E-state index contributed by atoms with van der Waals surface area (Å²) in [5, 5.41) is 0. The van der Waals surface area contributed by atoms with Crippen molar-refractivity contribution in [1.29, 1.82) is 0 Å². The molecule has 0 amide bonds.